The van der Waals surface area contributed by atoms with Crippen LogP contribution >= 0.6 is 11.3 Å². The van der Waals surface area contributed by atoms with Gasteiger partial charge in [-0.15, -0.1) is 11.3 Å². The van der Waals surface area contributed by atoms with Gasteiger partial charge in [0, 0.05) is 16.5 Å². The molecule has 3 aromatic rings. The average Bonchev–Trinajstić information content (AvgIpc) is 3.32. The zero-order valence-electron chi connectivity index (χ0n) is 15.6. The Labute approximate surface area is 167 Å². The summed E-state index contributed by atoms with van der Waals surface area (Å²) < 4.78 is 16.3. The molecule has 0 saturated heterocycles. The van der Waals surface area contributed by atoms with E-state index >= 15 is 0 Å². The molecule has 2 heterocycles. The van der Waals surface area contributed by atoms with E-state index in [2.05, 4.69) is 10.3 Å². The Kier molecular flexibility index (Phi) is 5.16. The van der Waals surface area contributed by atoms with Crippen LogP contribution in [0.25, 0.3) is 10.6 Å². The maximum Gasteiger partial charge on any atom is 0.261 e. The lowest BCUT2D eigenvalue weighted by atomic mass is 10.2. The van der Waals surface area contributed by atoms with Gasteiger partial charge in [-0.2, -0.15) is 0 Å². The van der Waals surface area contributed by atoms with E-state index in [9.17, 15) is 4.79 Å². The van der Waals surface area contributed by atoms with E-state index in [1.807, 2.05) is 37.3 Å². The van der Waals surface area contributed by atoms with Crippen LogP contribution < -0.4 is 19.5 Å². The zero-order chi connectivity index (χ0) is 19.5. The second-order valence-corrected chi connectivity index (χ2v) is 7.47. The first-order chi connectivity index (χ1) is 13.6. The van der Waals surface area contributed by atoms with E-state index in [4.69, 9.17) is 14.2 Å². The zero-order valence-corrected chi connectivity index (χ0v) is 16.4. The highest BCUT2D eigenvalue weighted by Gasteiger charge is 2.19. The number of rotatable bonds is 6. The summed E-state index contributed by atoms with van der Waals surface area (Å²) in [5, 5.41) is 3.88. The minimum absolute atomic E-state index is 0.188. The summed E-state index contributed by atoms with van der Waals surface area (Å²) in [6.45, 7) is 4.30. The van der Waals surface area contributed by atoms with Crippen molar-refractivity contribution in [1.82, 2.24) is 10.3 Å². The number of aromatic nitrogens is 1. The van der Waals surface area contributed by atoms with Crippen molar-refractivity contribution in [3.05, 3.63) is 59.1 Å². The first-order valence-corrected chi connectivity index (χ1v) is 9.77. The third-order valence-electron chi connectivity index (χ3n) is 4.36. The summed E-state index contributed by atoms with van der Waals surface area (Å²) in [6, 6.07) is 15.3. The fourth-order valence-corrected chi connectivity index (χ4v) is 3.82. The third-order valence-corrected chi connectivity index (χ3v) is 5.57. The maximum atomic E-state index is 12.4. The van der Waals surface area contributed by atoms with Crippen LogP contribution in [0.2, 0.25) is 0 Å². The van der Waals surface area contributed by atoms with Gasteiger partial charge >= 0.3 is 0 Å². The van der Waals surface area contributed by atoms with Crippen molar-refractivity contribution in [3.8, 4) is 27.8 Å². The van der Waals surface area contributed by atoms with Gasteiger partial charge in [0.15, 0.2) is 17.6 Å². The van der Waals surface area contributed by atoms with Crippen LogP contribution in [0.4, 0.5) is 0 Å². The molecule has 144 valence electrons. The van der Waals surface area contributed by atoms with Crippen molar-refractivity contribution in [2.45, 2.75) is 26.5 Å². The largest absolute Gasteiger partial charge is 0.481 e. The normalized spacial score (nSPS) is 13.2. The summed E-state index contributed by atoms with van der Waals surface area (Å²) in [5.41, 5.74) is 2.00. The molecule has 1 aliphatic rings. The summed E-state index contributed by atoms with van der Waals surface area (Å²) in [5.74, 6) is 1.68. The number of nitrogens with one attached hydrogen (secondary N) is 1. The highest BCUT2D eigenvalue weighted by molar-refractivity contribution is 7.15. The number of hydrogen-bond donors (Lipinski definition) is 1. The van der Waals surface area contributed by atoms with Gasteiger partial charge in [0.05, 0.1) is 12.2 Å². The van der Waals surface area contributed by atoms with Crippen LogP contribution in [0.15, 0.2) is 48.5 Å². The quantitative estimate of drug-likeness (QED) is 0.684. The van der Waals surface area contributed by atoms with Crippen molar-refractivity contribution in [3.63, 3.8) is 0 Å². The number of thiazole rings is 1. The highest BCUT2D eigenvalue weighted by atomic mass is 32.1. The molecule has 0 spiro atoms. The minimum Gasteiger partial charge on any atom is -0.481 e. The minimum atomic E-state index is -0.637. The molecule has 1 atom stereocenters. The highest BCUT2D eigenvalue weighted by Crippen LogP contribution is 2.35. The fourth-order valence-electron chi connectivity index (χ4n) is 2.82. The van der Waals surface area contributed by atoms with Crippen LogP contribution in [0.5, 0.6) is 17.2 Å². The van der Waals surface area contributed by atoms with Gasteiger partial charge in [0.2, 0.25) is 6.79 Å². The van der Waals surface area contributed by atoms with Crippen molar-refractivity contribution >= 4 is 17.2 Å². The Morgan fingerprint density at radius 3 is 2.82 bits per heavy atom. The molecular formula is C21H20N2O4S. The Bertz CT molecular complexity index is 987. The molecular weight excluding hydrogens is 376 g/mol. The van der Waals surface area contributed by atoms with Crippen LogP contribution in [0, 0.1) is 6.92 Å². The van der Waals surface area contributed by atoms with E-state index < -0.39 is 6.10 Å². The van der Waals surface area contributed by atoms with E-state index in [1.54, 1.807) is 36.5 Å². The van der Waals surface area contributed by atoms with Crippen LogP contribution in [-0.2, 0) is 11.3 Å². The number of nitrogens with zero attached hydrogens (tertiary/aromatic N) is 1. The van der Waals surface area contributed by atoms with Gasteiger partial charge < -0.3 is 19.5 Å². The topological polar surface area (TPSA) is 69.7 Å². The van der Waals surface area contributed by atoms with Crippen LogP contribution in [-0.4, -0.2) is 23.8 Å². The molecule has 4 rings (SSSR count). The smallest absolute Gasteiger partial charge is 0.261 e. The van der Waals surface area contributed by atoms with E-state index in [0.717, 1.165) is 21.1 Å². The molecule has 1 aliphatic heterocycles. The number of carbonyl (C=O) groups excluding carboxylic acids is 1. The summed E-state index contributed by atoms with van der Waals surface area (Å²) >= 11 is 1.59. The number of benzene rings is 2. The third kappa shape index (κ3) is 3.94. The van der Waals surface area contributed by atoms with Crippen molar-refractivity contribution in [2.24, 2.45) is 0 Å². The molecule has 0 radical (unpaired) electrons. The lowest BCUT2D eigenvalue weighted by Crippen LogP contribution is -2.35. The molecule has 1 N–H and O–H groups in total. The average molecular weight is 396 g/mol. The number of hydrogen-bond acceptors (Lipinski definition) is 6. The van der Waals surface area contributed by atoms with Crippen molar-refractivity contribution in [1.29, 1.82) is 0 Å². The molecule has 2 aromatic carbocycles. The molecule has 28 heavy (non-hydrogen) atoms. The monoisotopic (exact) mass is 396 g/mol. The van der Waals surface area contributed by atoms with E-state index in [0.29, 0.717) is 23.8 Å². The molecule has 7 heteroatoms. The van der Waals surface area contributed by atoms with Crippen LogP contribution in [0.3, 0.4) is 0 Å². The molecule has 1 aromatic heterocycles. The molecule has 1 unspecified atom stereocenters. The van der Waals surface area contributed by atoms with Crippen molar-refractivity contribution in [2.75, 3.05) is 6.79 Å². The molecule has 1 amide bonds. The SMILES string of the molecule is Cc1nc(-c2ccccc2)sc1CNC(=O)C(C)Oc1ccc2c(c1)OCO2. The van der Waals surface area contributed by atoms with Gasteiger partial charge in [0.1, 0.15) is 10.8 Å². The summed E-state index contributed by atoms with van der Waals surface area (Å²) in [7, 11) is 0. The Balaban J connectivity index is 1.36. The van der Waals surface area contributed by atoms with E-state index in [1.165, 1.54) is 0 Å². The number of ether oxygens (including phenoxy) is 3. The van der Waals surface area contributed by atoms with Gasteiger partial charge in [-0.1, -0.05) is 30.3 Å². The Morgan fingerprint density at radius 2 is 2.00 bits per heavy atom. The van der Waals surface area contributed by atoms with Gasteiger partial charge in [0.25, 0.3) is 5.91 Å². The Hall–Kier alpha value is -3.06. The number of fused-ring (bicyclic) bond motifs is 1. The number of carbonyl (C=O) groups is 1. The summed E-state index contributed by atoms with van der Waals surface area (Å²) in [6.07, 6.45) is -0.637. The van der Waals surface area contributed by atoms with Gasteiger partial charge in [-0.25, -0.2) is 4.98 Å². The molecule has 6 nitrogen and oxygen atoms in total. The Morgan fingerprint density at radius 1 is 1.21 bits per heavy atom. The predicted octanol–water partition coefficient (Wildman–Crippen LogP) is 3.93. The molecule has 0 aliphatic carbocycles. The molecule has 0 saturated carbocycles. The lowest BCUT2D eigenvalue weighted by molar-refractivity contribution is -0.127. The number of amides is 1. The first kappa shape index (κ1) is 18.3. The molecule has 0 bridgehead atoms. The van der Waals surface area contributed by atoms with Gasteiger partial charge in [-0.05, 0) is 26.0 Å². The standard InChI is InChI=1S/C21H20N2O4S/c1-13-19(28-21(23-13)15-6-4-3-5-7-15)11-22-20(24)14(2)27-16-8-9-17-18(10-16)26-12-25-17/h3-10,14H,11-12H2,1-2H3,(H,22,24). The summed E-state index contributed by atoms with van der Waals surface area (Å²) in [4.78, 5) is 18.1. The predicted molar refractivity (Wildman–Crippen MR) is 107 cm³/mol. The lowest BCUT2D eigenvalue weighted by Gasteiger charge is -2.14. The van der Waals surface area contributed by atoms with Crippen LogP contribution in [0.1, 0.15) is 17.5 Å². The second kappa shape index (κ2) is 7.90. The fraction of sp³-hybridized carbons (Fsp3) is 0.238. The first-order valence-electron chi connectivity index (χ1n) is 8.96. The van der Waals surface area contributed by atoms with Gasteiger partial charge in [-0.3, -0.25) is 4.79 Å². The van der Waals surface area contributed by atoms with Crippen molar-refractivity contribution < 1.29 is 19.0 Å². The second-order valence-electron chi connectivity index (χ2n) is 6.39. The van der Waals surface area contributed by atoms with E-state index in [-0.39, 0.29) is 12.7 Å². The molecule has 0 fully saturated rings. The maximum absolute atomic E-state index is 12.4. The number of aryl methyl sites for hydroxylation is 1.